The highest BCUT2D eigenvalue weighted by Crippen LogP contribution is 2.21. The third kappa shape index (κ3) is 4.72. The van der Waals surface area contributed by atoms with Gasteiger partial charge in [-0.25, -0.2) is 0 Å². The minimum absolute atomic E-state index is 0.493. The predicted molar refractivity (Wildman–Crippen MR) is 89.9 cm³/mol. The van der Waals surface area contributed by atoms with E-state index >= 15 is 0 Å². The lowest BCUT2D eigenvalue weighted by molar-refractivity contribution is 0.123. The van der Waals surface area contributed by atoms with Crippen molar-refractivity contribution in [2.75, 3.05) is 20.2 Å². The van der Waals surface area contributed by atoms with Crippen LogP contribution in [-0.2, 0) is 6.54 Å². The second kappa shape index (κ2) is 8.37. The molecule has 0 aliphatic heterocycles. The number of likely N-dealkylation sites (N-methyl/N-ethyl adjacent to an activating group) is 1. The Balaban J connectivity index is 1.97. The summed E-state index contributed by atoms with van der Waals surface area (Å²) < 4.78 is 5.67. The first-order valence-electron chi connectivity index (χ1n) is 7.44. The molecule has 3 nitrogen and oxygen atoms in total. The molecule has 1 N–H and O–H groups in total. The molecule has 22 heavy (non-hydrogen) atoms. The van der Waals surface area contributed by atoms with E-state index in [0.717, 1.165) is 23.4 Å². The molecular weight excluding hydrogens is 274 g/mol. The molecule has 0 heterocycles. The van der Waals surface area contributed by atoms with Gasteiger partial charge in [0.1, 0.15) is 12.4 Å². The molecule has 0 amide bonds. The Hall–Kier alpha value is -2.10. The minimum atomic E-state index is -0.493. The van der Waals surface area contributed by atoms with E-state index in [0.29, 0.717) is 13.2 Å². The normalized spacial score (nSPS) is 12.1. The van der Waals surface area contributed by atoms with Gasteiger partial charge in [0.25, 0.3) is 0 Å². The van der Waals surface area contributed by atoms with Crippen molar-refractivity contribution < 1.29 is 9.84 Å². The SMILES string of the molecule is C=CCOc1ccccc1CN(C)C[C@H](O)c1ccccc1. The van der Waals surface area contributed by atoms with Crippen molar-refractivity contribution in [3.05, 3.63) is 78.4 Å². The van der Waals surface area contributed by atoms with Crippen LogP contribution in [0.15, 0.2) is 67.3 Å². The Morgan fingerprint density at radius 3 is 2.55 bits per heavy atom. The summed E-state index contributed by atoms with van der Waals surface area (Å²) in [7, 11) is 2.00. The van der Waals surface area contributed by atoms with Crippen molar-refractivity contribution >= 4 is 0 Å². The van der Waals surface area contributed by atoms with Crippen LogP contribution in [0.1, 0.15) is 17.2 Å². The summed E-state index contributed by atoms with van der Waals surface area (Å²) in [4.78, 5) is 2.09. The first-order chi connectivity index (χ1) is 10.7. The molecule has 1 atom stereocenters. The average Bonchev–Trinajstić information content (AvgIpc) is 2.54. The Morgan fingerprint density at radius 1 is 1.14 bits per heavy atom. The van der Waals surface area contributed by atoms with E-state index < -0.39 is 6.10 Å². The molecular formula is C19H23NO2. The molecule has 2 rings (SSSR count). The summed E-state index contributed by atoms with van der Waals surface area (Å²) in [6.07, 6.45) is 1.24. The summed E-state index contributed by atoms with van der Waals surface area (Å²) in [5.74, 6) is 0.864. The number of rotatable bonds is 8. The highest BCUT2D eigenvalue weighted by molar-refractivity contribution is 5.33. The van der Waals surface area contributed by atoms with Gasteiger partial charge in [-0.2, -0.15) is 0 Å². The number of aliphatic hydroxyl groups excluding tert-OH is 1. The van der Waals surface area contributed by atoms with Crippen LogP contribution in [-0.4, -0.2) is 30.2 Å². The third-order valence-electron chi connectivity index (χ3n) is 3.44. The molecule has 0 spiro atoms. The number of aliphatic hydroxyl groups is 1. The summed E-state index contributed by atoms with van der Waals surface area (Å²) in [5, 5.41) is 10.3. The van der Waals surface area contributed by atoms with E-state index in [9.17, 15) is 5.11 Å². The summed E-state index contributed by atoms with van der Waals surface area (Å²) >= 11 is 0. The van der Waals surface area contributed by atoms with Gasteiger partial charge < -0.3 is 9.84 Å². The van der Waals surface area contributed by atoms with E-state index in [2.05, 4.69) is 11.5 Å². The van der Waals surface area contributed by atoms with E-state index in [-0.39, 0.29) is 0 Å². The molecule has 0 bridgehead atoms. The lowest BCUT2D eigenvalue weighted by Gasteiger charge is -2.22. The summed E-state index contributed by atoms with van der Waals surface area (Å²) in [6, 6.07) is 17.7. The molecule has 0 unspecified atom stereocenters. The van der Waals surface area contributed by atoms with E-state index in [4.69, 9.17) is 4.74 Å². The van der Waals surface area contributed by atoms with Crippen LogP contribution in [0.25, 0.3) is 0 Å². The van der Waals surface area contributed by atoms with Crippen molar-refractivity contribution in [1.29, 1.82) is 0 Å². The summed E-state index contributed by atoms with van der Waals surface area (Å²) in [5.41, 5.74) is 2.04. The van der Waals surface area contributed by atoms with Crippen molar-refractivity contribution in [3.63, 3.8) is 0 Å². The Bertz CT molecular complexity index is 583. The highest BCUT2D eigenvalue weighted by atomic mass is 16.5. The van der Waals surface area contributed by atoms with Gasteiger partial charge >= 0.3 is 0 Å². The van der Waals surface area contributed by atoms with Gasteiger partial charge in [0.05, 0.1) is 6.10 Å². The zero-order chi connectivity index (χ0) is 15.8. The molecule has 116 valence electrons. The topological polar surface area (TPSA) is 32.7 Å². The number of benzene rings is 2. The van der Waals surface area contributed by atoms with Crippen molar-refractivity contribution in [3.8, 4) is 5.75 Å². The monoisotopic (exact) mass is 297 g/mol. The van der Waals surface area contributed by atoms with Crippen molar-refractivity contribution in [2.24, 2.45) is 0 Å². The Morgan fingerprint density at radius 2 is 1.82 bits per heavy atom. The number of ether oxygens (including phenoxy) is 1. The second-order valence-corrected chi connectivity index (χ2v) is 5.33. The van der Waals surface area contributed by atoms with Gasteiger partial charge in [-0.1, -0.05) is 61.2 Å². The molecule has 0 aromatic heterocycles. The molecule has 0 fully saturated rings. The lowest BCUT2D eigenvalue weighted by Crippen LogP contribution is -2.24. The molecule has 3 heteroatoms. The fraction of sp³-hybridized carbons (Fsp3) is 0.263. The van der Waals surface area contributed by atoms with Gasteiger partial charge in [-0.15, -0.1) is 0 Å². The molecule has 0 aliphatic carbocycles. The largest absolute Gasteiger partial charge is 0.489 e. The first-order valence-corrected chi connectivity index (χ1v) is 7.44. The van der Waals surface area contributed by atoms with E-state index in [1.165, 1.54) is 0 Å². The van der Waals surface area contributed by atoms with Crippen LogP contribution < -0.4 is 4.74 Å². The van der Waals surface area contributed by atoms with Gasteiger partial charge in [-0.3, -0.25) is 4.90 Å². The van der Waals surface area contributed by atoms with Gasteiger partial charge in [0, 0.05) is 18.7 Å². The number of para-hydroxylation sites is 1. The molecule has 0 aliphatic rings. The third-order valence-corrected chi connectivity index (χ3v) is 3.44. The van der Waals surface area contributed by atoms with Crippen LogP contribution in [0.4, 0.5) is 0 Å². The van der Waals surface area contributed by atoms with Crippen molar-refractivity contribution in [1.82, 2.24) is 4.90 Å². The zero-order valence-corrected chi connectivity index (χ0v) is 13.0. The molecule has 2 aromatic carbocycles. The Kier molecular flexibility index (Phi) is 6.19. The molecule has 2 aromatic rings. The zero-order valence-electron chi connectivity index (χ0n) is 13.0. The van der Waals surface area contributed by atoms with Crippen LogP contribution in [0.3, 0.4) is 0 Å². The molecule has 0 saturated heterocycles. The Labute approximate surface area is 132 Å². The summed E-state index contributed by atoms with van der Waals surface area (Å²) in [6.45, 7) is 5.45. The maximum atomic E-state index is 10.3. The highest BCUT2D eigenvalue weighted by Gasteiger charge is 2.12. The smallest absolute Gasteiger partial charge is 0.124 e. The van der Waals surface area contributed by atoms with Crippen LogP contribution in [0.2, 0.25) is 0 Å². The molecule has 0 saturated carbocycles. The quantitative estimate of drug-likeness (QED) is 0.758. The van der Waals surface area contributed by atoms with Gasteiger partial charge in [0.15, 0.2) is 0 Å². The fourth-order valence-corrected chi connectivity index (χ4v) is 2.36. The van der Waals surface area contributed by atoms with Crippen molar-refractivity contribution in [2.45, 2.75) is 12.6 Å². The lowest BCUT2D eigenvalue weighted by atomic mass is 10.1. The number of hydrogen-bond acceptors (Lipinski definition) is 3. The van der Waals surface area contributed by atoms with Crippen LogP contribution in [0.5, 0.6) is 5.75 Å². The number of hydrogen-bond donors (Lipinski definition) is 1. The predicted octanol–water partition coefficient (Wildman–Crippen LogP) is 3.42. The van der Waals surface area contributed by atoms with Crippen LogP contribution >= 0.6 is 0 Å². The van der Waals surface area contributed by atoms with E-state index in [1.807, 2.05) is 61.6 Å². The first kappa shape index (κ1) is 16.3. The standard InChI is InChI=1S/C19H23NO2/c1-3-13-22-19-12-8-7-11-17(19)14-20(2)15-18(21)16-9-5-4-6-10-16/h3-12,18,21H,1,13-15H2,2H3/t18-/m0/s1. The maximum absolute atomic E-state index is 10.3. The van der Waals surface area contributed by atoms with E-state index in [1.54, 1.807) is 6.08 Å². The fourth-order valence-electron chi connectivity index (χ4n) is 2.36. The second-order valence-electron chi connectivity index (χ2n) is 5.33. The van der Waals surface area contributed by atoms with Gasteiger partial charge in [-0.05, 0) is 18.7 Å². The minimum Gasteiger partial charge on any atom is -0.489 e. The van der Waals surface area contributed by atoms with Gasteiger partial charge in [0.2, 0.25) is 0 Å². The number of nitrogens with zero attached hydrogens (tertiary/aromatic N) is 1. The molecule has 0 radical (unpaired) electrons. The van der Waals surface area contributed by atoms with Crippen LogP contribution in [0, 0.1) is 0 Å². The average molecular weight is 297 g/mol. The maximum Gasteiger partial charge on any atom is 0.124 e.